The normalized spacial score (nSPS) is 14.1. The Hall–Kier alpha value is -3.07. The minimum absolute atomic E-state index is 0.164. The molecular weight excluding hydrogens is 388 g/mol. The van der Waals surface area contributed by atoms with Gasteiger partial charge in [-0.15, -0.1) is 0 Å². The van der Waals surface area contributed by atoms with Crippen molar-refractivity contribution in [2.45, 2.75) is 11.9 Å². The van der Waals surface area contributed by atoms with E-state index in [4.69, 9.17) is 4.52 Å². The maximum absolute atomic E-state index is 12.1. The zero-order valence-corrected chi connectivity index (χ0v) is 16.9. The minimum Gasteiger partial charge on any atom is -0.368 e. The number of thioether (sulfide) groups is 1. The van der Waals surface area contributed by atoms with Crippen LogP contribution in [0, 0.1) is 6.92 Å². The van der Waals surface area contributed by atoms with Gasteiger partial charge in [0.15, 0.2) is 0 Å². The van der Waals surface area contributed by atoms with Gasteiger partial charge in [-0.05, 0) is 19.1 Å². The Morgan fingerprint density at radius 3 is 2.59 bits per heavy atom. The van der Waals surface area contributed by atoms with Crippen LogP contribution in [0.1, 0.15) is 5.69 Å². The molecule has 1 aliphatic rings. The standard InChI is InChI=1S/C20H22N6O2S/c1-15-11-19(28-24-15)23-18(27)13-29-20-12-17(21-14-22-20)26-9-7-25(8-10-26)16-5-3-2-4-6-16/h2-6,11-12,14H,7-10,13H2,1H3,(H,23,27). The van der Waals surface area contributed by atoms with E-state index in [2.05, 4.69) is 54.5 Å². The van der Waals surface area contributed by atoms with Gasteiger partial charge < -0.3 is 14.3 Å². The van der Waals surface area contributed by atoms with Gasteiger partial charge in [0.05, 0.1) is 11.4 Å². The first kappa shape index (κ1) is 19.3. The molecule has 1 amide bonds. The van der Waals surface area contributed by atoms with Gasteiger partial charge in [-0.2, -0.15) is 0 Å². The molecule has 29 heavy (non-hydrogen) atoms. The van der Waals surface area contributed by atoms with Crippen LogP contribution in [0.2, 0.25) is 0 Å². The monoisotopic (exact) mass is 410 g/mol. The molecule has 150 valence electrons. The quantitative estimate of drug-likeness (QED) is 0.490. The number of anilines is 3. The smallest absolute Gasteiger partial charge is 0.237 e. The van der Waals surface area contributed by atoms with Crippen LogP contribution < -0.4 is 15.1 Å². The predicted octanol–water partition coefficient (Wildman–Crippen LogP) is 2.83. The minimum atomic E-state index is -0.164. The third kappa shape index (κ3) is 5.05. The van der Waals surface area contributed by atoms with Crippen molar-refractivity contribution >= 4 is 35.1 Å². The van der Waals surface area contributed by atoms with Crippen molar-refractivity contribution in [1.82, 2.24) is 15.1 Å². The van der Waals surface area contributed by atoms with Crippen molar-refractivity contribution in [3.8, 4) is 0 Å². The molecule has 1 N–H and O–H groups in total. The molecule has 3 aromatic rings. The van der Waals surface area contributed by atoms with Crippen LogP contribution in [0.5, 0.6) is 0 Å². The highest BCUT2D eigenvalue weighted by Gasteiger charge is 2.19. The molecule has 1 aromatic carbocycles. The first-order valence-corrected chi connectivity index (χ1v) is 10.4. The predicted molar refractivity (Wildman–Crippen MR) is 113 cm³/mol. The maximum atomic E-state index is 12.1. The number of piperazine rings is 1. The summed E-state index contributed by atoms with van der Waals surface area (Å²) in [4.78, 5) is 25.4. The number of benzene rings is 1. The molecule has 0 saturated carbocycles. The van der Waals surface area contributed by atoms with Gasteiger partial charge in [-0.3, -0.25) is 10.1 Å². The Labute approximate surface area is 173 Å². The summed E-state index contributed by atoms with van der Waals surface area (Å²) < 4.78 is 5.00. The molecular formula is C20H22N6O2S. The molecule has 1 saturated heterocycles. The molecule has 0 aliphatic carbocycles. The highest BCUT2D eigenvalue weighted by Crippen LogP contribution is 2.22. The lowest BCUT2D eigenvalue weighted by atomic mass is 10.2. The van der Waals surface area contributed by atoms with E-state index in [0.29, 0.717) is 5.88 Å². The topological polar surface area (TPSA) is 87.4 Å². The van der Waals surface area contributed by atoms with Crippen LogP contribution in [0.4, 0.5) is 17.4 Å². The van der Waals surface area contributed by atoms with Crippen LogP contribution in [-0.4, -0.2) is 53.0 Å². The number of hydrogen-bond donors (Lipinski definition) is 1. The van der Waals surface area contributed by atoms with Gasteiger partial charge >= 0.3 is 0 Å². The summed E-state index contributed by atoms with van der Waals surface area (Å²) in [5, 5.41) is 7.20. The van der Waals surface area contributed by atoms with Crippen molar-refractivity contribution in [3.05, 3.63) is 54.5 Å². The van der Waals surface area contributed by atoms with Gasteiger partial charge in [-0.1, -0.05) is 35.1 Å². The number of nitrogens with one attached hydrogen (secondary N) is 1. The fraction of sp³-hybridized carbons (Fsp3) is 0.300. The first-order valence-electron chi connectivity index (χ1n) is 9.40. The summed E-state index contributed by atoms with van der Waals surface area (Å²) in [6, 6.07) is 14.1. The van der Waals surface area contributed by atoms with Gasteiger partial charge in [-0.25, -0.2) is 9.97 Å². The van der Waals surface area contributed by atoms with E-state index in [-0.39, 0.29) is 11.7 Å². The largest absolute Gasteiger partial charge is 0.368 e. The van der Waals surface area contributed by atoms with E-state index in [1.54, 1.807) is 19.3 Å². The first-order chi connectivity index (χ1) is 14.2. The van der Waals surface area contributed by atoms with E-state index in [1.165, 1.54) is 17.4 Å². The highest BCUT2D eigenvalue weighted by molar-refractivity contribution is 7.99. The van der Waals surface area contributed by atoms with E-state index in [1.807, 2.05) is 12.1 Å². The molecule has 1 aliphatic heterocycles. The lowest BCUT2D eigenvalue weighted by Gasteiger charge is -2.36. The van der Waals surface area contributed by atoms with E-state index < -0.39 is 0 Å². The Kier molecular flexibility index (Phi) is 5.95. The van der Waals surface area contributed by atoms with Gasteiger partial charge in [0.2, 0.25) is 11.8 Å². The average molecular weight is 411 g/mol. The lowest BCUT2D eigenvalue weighted by molar-refractivity contribution is -0.113. The fourth-order valence-corrected chi connectivity index (χ4v) is 3.81. The number of carbonyl (C=O) groups excluding carboxylic acids is 1. The summed E-state index contributed by atoms with van der Waals surface area (Å²) in [6.07, 6.45) is 1.55. The van der Waals surface area contributed by atoms with Crippen LogP contribution in [0.25, 0.3) is 0 Å². The number of para-hydroxylation sites is 1. The van der Waals surface area contributed by atoms with Crippen LogP contribution in [0.3, 0.4) is 0 Å². The second-order valence-electron chi connectivity index (χ2n) is 6.69. The Balaban J connectivity index is 1.30. The van der Waals surface area contributed by atoms with E-state index >= 15 is 0 Å². The molecule has 2 aromatic heterocycles. The van der Waals surface area contributed by atoms with Crippen molar-refractivity contribution in [2.75, 3.05) is 47.0 Å². The molecule has 0 unspecified atom stereocenters. The molecule has 0 spiro atoms. The van der Waals surface area contributed by atoms with Gasteiger partial charge in [0.25, 0.3) is 0 Å². The average Bonchev–Trinajstić information content (AvgIpc) is 3.18. The number of hydrogen-bond acceptors (Lipinski definition) is 8. The van der Waals surface area contributed by atoms with Crippen molar-refractivity contribution in [2.24, 2.45) is 0 Å². The van der Waals surface area contributed by atoms with E-state index in [9.17, 15) is 4.79 Å². The Bertz CT molecular complexity index is 956. The summed E-state index contributed by atoms with van der Waals surface area (Å²) in [6.45, 7) is 5.46. The summed E-state index contributed by atoms with van der Waals surface area (Å²) in [7, 11) is 0. The molecule has 4 rings (SSSR count). The maximum Gasteiger partial charge on any atom is 0.237 e. The molecule has 0 bridgehead atoms. The van der Waals surface area contributed by atoms with E-state index in [0.717, 1.165) is 42.7 Å². The summed E-state index contributed by atoms with van der Waals surface area (Å²) >= 11 is 1.37. The summed E-state index contributed by atoms with van der Waals surface area (Å²) in [5.74, 6) is 1.31. The van der Waals surface area contributed by atoms with Crippen LogP contribution in [0.15, 0.2) is 58.3 Å². The van der Waals surface area contributed by atoms with Crippen molar-refractivity contribution in [3.63, 3.8) is 0 Å². The Morgan fingerprint density at radius 2 is 1.86 bits per heavy atom. The second kappa shape index (κ2) is 8.95. The zero-order valence-electron chi connectivity index (χ0n) is 16.1. The van der Waals surface area contributed by atoms with Gasteiger partial charge in [0, 0.05) is 44.0 Å². The third-order valence-corrected chi connectivity index (χ3v) is 5.52. The summed E-state index contributed by atoms with van der Waals surface area (Å²) in [5.41, 5.74) is 1.97. The van der Waals surface area contributed by atoms with Crippen molar-refractivity contribution in [1.29, 1.82) is 0 Å². The molecule has 9 heteroatoms. The highest BCUT2D eigenvalue weighted by atomic mass is 32.2. The molecule has 8 nitrogen and oxygen atoms in total. The number of amides is 1. The third-order valence-electron chi connectivity index (χ3n) is 4.59. The zero-order chi connectivity index (χ0) is 20.1. The van der Waals surface area contributed by atoms with Gasteiger partial charge in [0.1, 0.15) is 17.2 Å². The number of nitrogens with zero attached hydrogens (tertiary/aromatic N) is 5. The molecule has 0 atom stereocenters. The van der Waals surface area contributed by atoms with Crippen LogP contribution >= 0.6 is 11.8 Å². The number of aryl methyl sites for hydroxylation is 1. The number of carbonyl (C=O) groups is 1. The molecule has 0 radical (unpaired) electrons. The lowest BCUT2D eigenvalue weighted by Crippen LogP contribution is -2.46. The van der Waals surface area contributed by atoms with Crippen molar-refractivity contribution < 1.29 is 9.32 Å². The Morgan fingerprint density at radius 1 is 1.10 bits per heavy atom. The number of aromatic nitrogens is 3. The second-order valence-corrected chi connectivity index (χ2v) is 7.69. The molecule has 1 fully saturated rings. The van der Waals surface area contributed by atoms with Crippen LogP contribution in [-0.2, 0) is 4.79 Å². The molecule has 3 heterocycles. The number of rotatable bonds is 6. The SMILES string of the molecule is Cc1cc(NC(=O)CSc2cc(N3CCN(c4ccccc4)CC3)ncn2)on1. The fourth-order valence-electron chi connectivity index (χ4n) is 3.15.